The number of amides is 1. The Labute approximate surface area is 203 Å². The van der Waals surface area contributed by atoms with E-state index < -0.39 is 12.1 Å². The molecule has 0 fully saturated rings. The van der Waals surface area contributed by atoms with Crippen molar-refractivity contribution in [3.63, 3.8) is 0 Å². The number of nitrogens with one attached hydrogen (secondary N) is 1. The fourth-order valence-corrected chi connectivity index (χ4v) is 3.99. The molecule has 0 unspecified atom stereocenters. The molecule has 184 valence electrons. The van der Waals surface area contributed by atoms with Crippen molar-refractivity contribution < 1.29 is 27.9 Å². The van der Waals surface area contributed by atoms with Crippen molar-refractivity contribution in [1.82, 2.24) is 19.7 Å². The van der Waals surface area contributed by atoms with Crippen molar-refractivity contribution in [3.8, 4) is 11.4 Å². The molecule has 0 saturated heterocycles. The quantitative estimate of drug-likeness (QED) is 0.377. The highest BCUT2D eigenvalue weighted by Gasteiger charge is 2.38. The van der Waals surface area contributed by atoms with E-state index in [-0.39, 0.29) is 5.91 Å². The van der Waals surface area contributed by atoms with Gasteiger partial charge in [-0.05, 0) is 36.2 Å². The van der Waals surface area contributed by atoms with Crippen LogP contribution in [0.1, 0.15) is 40.7 Å². The van der Waals surface area contributed by atoms with Crippen LogP contribution in [0.15, 0.2) is 60.4 Å². The molecular formula is C24H23F3N4O3S. The lowest BCUT2D eigenvalue weighted by molar-refractivity contribution is -0.192. The molecule has 35 heavy (non-hydrogen) atoms. The summed E-state index contributed by atoms with van der Waals surface area (Å²) >= 11 is 1.66. The van der Waals surface area contributed by atoms with Gasteiger partial charge in [0.05, 0.1) is 27.5 Å². The van der Waals surface area contributed by atoms with Crippen LogP contribution in [-0.2, 0) is 11.2 Å². The molecule has 0 atom stereocenters. The van der Waals surface area contributed by atoms with Crippen LogP contribution in [0.4, 0.5) is 13.2 Å². The molecular weight excluding hydrogens is 481 g/mol. The zero-order valence-electron chi connectivity index (χ0n) is 18.9. The van der Waals surface area contributed by atoms with Crippen LogP contribution in [0.2, 0.25) is 0 Å². The van der Waals surface area contributed by atoms with E-state index in [4.69, 9.17) is 14.9 Å². The fourth-order valence-electron chi connectivity index (χ4n) is 3.16. The first kappa shape index (κ1) is 25.9. The molecule has 0 aliphatic carbocycles. The lowest BCUT2D eigenvalue weighted by Crippen LogP contribution is -2.25. The smallest absolute Gasteiger partial charge is 0.475 e. The maximum absolute atomic E-state index is 12.8. The number of hydrogen-bond acceptors (Lipinski definition) is 5. The lowest BCUT2D eigenvalue weighted by Gasteiger charge is -2.04. The van der Waals surface area contributed by atoms with E-state index in [9.17, 15) is 18.0 Å². The minimum absolute atomic E-state index is 0.0712. The molecule has 0 radical (unpaired) electrons. The monoisotopic (exact) mass is 504 g/mol. The van der Waals surface area contributed by atoms with Crippen LogP contribution < -0.4 is 5.32 Å². The lowest BCUT2D eigenvalue weighted by atomic mass is 10.2. The zero-order valence-corrected chi connectivity index (χ0v) is 19.7. The molecule has 0 spiro atoms. The zero-order chi connectivity index (χ0) is 25.6. The molecule has 0 aliphatic rings. The van der Waals surface area contributed by atoms with Crippen LogP contribution in [0.25, 0.3) is 16.9 Å². The molecule has 7 nitrogen and oxygen atoms in total. The third-order valence-electron chi connectivity index (χ3n) is 4.86. The first-order valence-electron chi connectivity index (χ1n) is 10.6. The number of carboxylic acids is 1. The molecule has 0 saturated carbocycles. The highest BCUT2D eigenvalue weighted by atomic mass is 32.1. The van der Waals surface area contributed by atoms with Gasteiger partial charge >= 0.3 is 12.1 Å². The van der Waals surface area contributed by atoms with E-state index in [0.29, 0.717) is 18.0 Å². The highest BCUT2D eigenvalue weighted by molar-refractivity contribution is 7.10. The summed E-state index contributed by atoms with van der Waals surface area (Å²) in [5, 5.41) is 13.3. The van der Waals surface area contributed by atoms with Crippen LogP contribution in [-0.4, -0.2) is 44.1 Å². The summed E-state index contributed by atoms with van der Waals surface area (Å²) in [7, 11) is 0. The number of carbonyl (C=O) groups excluding carboxylic acids is 1. The van der Waals surface area contributed by atoms with Crippen molar-refractivity contribution in [3.05, 3.63) is 76.5 Å². The predicted octanol–water partition coefficient (Wildman–Crippen LogP) is 5.19. The van der Waals surface area contributed by atoms with Crippen LogP contribution in [0, 0.1) is 0 Å². The van der Waals surface area contributed by atoms with Gasteiger partial charge in [-0.3, -0.25) is 9.78 Å². The van der Waals surface area contributed by atoms with Crippen LogP contribution in [0.3, 0.4) is 0 Å². The second kappa shape index (κ2) is 11.1. The first-order valence-corrected chi connectivity index (χ1v) is 11.5. The van der Waals surface area contributed by atoms with E-state index in [1.54, 1.807) is 17.5 Å². The summed E-state index contributed by atoms with van der Waals surface area (Å²) in [5.74, 6) is -2.44. The Morgan fingerprint density at radius 1 is 1.20 bits per heavy atom. The third kappa shape index (κ3) is 6.66. The largest absolute Gasteiger partial charge is 0.490 e. The maximum atomic E-state index is 12.8. The minimum atomic E-state index is -5.08. The van der Waals surface area contributed by atoms with Crippen LogP contribution in [0.5, 0.6) is 0 Å². The predicted molar refractivity (Wildman–Crippen MR) is 127 cm³/mol. The fraction of sp³-hybridized carbons (Fsp3) is 0.250. The number of thiazole rings is 1. The van der Waals surface area contributed by atoms with Gasteiger partial charge in [0.2, 0.25) is 0 Å². The van der Waals surface area contributed by atoms with Crippen molar-refractivity contribution in [2.24, 2.45) is 0 Å². The van der Waals surface area contributed by atoms with Crippen molar-refractivity contribution in [2.75, 3.05) is 6.54 Å². The average molecular weight is 505 g/mol. The van der Waals surface area contributed by atoms with Gasteiger partial charge in [0.1, 0.15) is 0 Å². The molecule has 4 rings (SSSR count). The summed E-state index contributed by atoms with van der Waals surface area (Å²) in [5.41, 5.74) is 4.51. The number of aliphatic carboxylic acids is 1. The average Bonchev–Trinajstić information content (AvgIpc) is 3.45. The Kier molecular flexibility index (Phi) is 8.23. The number of hydrogen-bond donors (Lipinski definition) is 2. The second-order valence-corrected chi connectivity index (χ2v) is 8.68. The number of carbonyl (C=O) groups is 2. The third-order valence-corrected chi connectivity index (χ3v) is 6.01. The van der Waals surface area contributed by atoms with Gasteiger partial charge in [-0.25, -0.2) is 9.78 Å². The van der Waals surface area contributed by atoms with Gasteiger partial charge in [0.15, 0.2) is 0 Å². The standard InChI is InChI=1S/C22H22N4OS.C2HF3O2/c1-15(2)22-25-18(14-28-22)20-12-17(19-7-3-4-11-26(19)20)21(27)24-10-8-16-6-5-9-23-13-16;3-2(4,5)1(6)7/h3-7,9,11-15H,8,10H2,1-2H3,(H,24,27);(H,6,7). The first-order chi connectivity index (χ1) is 16.6. The van der Waals surface area contributed by atoms with Crippen molar-refractivity contribution in [1.29, 1.82) is 0 Å². The SMILES string of the molecule is CC(C)c1nc(-c2cc(C(=O)NCCc3cccnc3)c3ccccn23)cs1.O=C(O)C(F)(F)F. The van der Waals surface area contributed by atoms with E-state index in [0.717, 1.165) is 33.9 Å². The normalized spacial score (nSPS) is 11.3. The molecule has 0 aromatic carbocycles. The number of carboxylic acid groups (broad SMARTS) is 1. The number of rotatable bonds is 6. The molecule has 0 aliphatic heterocycles. The molecule has 1 amide bonds. The van der Waals surface area contributed by atoms with E-state index in [1.807, 2.05) is 53.2 Å². The topological polar surface area (TPSA) is 96.6 Å². The maximum Gasteiger partial charge on any atom is 0.490 e. The summed E-state index contributed by atoms with van der Waals surface area (Å²) in [4.78, 5) is 30.6. The Bertz CT molecular complexity index is 1300. The Hall–Kier alpha value is -3.73. The number of aromatic nitrogens is 3. The Morgan fingerprint density at radius 3 is 2.54 bits per heavy atom. The number of halogens is 3. The molecule has 11 heteroatoms. The number of fused-ring (bicyclic) bond motifs is 1. The summed E-state index contributed by atoms with van der Waals surface area (Å²) in [6.07, 6.45) is 1.22. The molecule has 0 bridgehead atoms. The van der Waals surface area contributed by atoms with Crippen molar-refractivity contribution >= 4 is 28.7 Å². The van der Waals surface area contributed by atoms with Gasteiger partial charge in [0.25, 0.3) is 5.91 Å². The molecule has 4 aromatic heterocycles. The Morgan fingerprint density at radius 2 is 1.94 bits per heavy atom. The van der Waals surface area contributed by atoms with Crippen molar-refractivity contribution in [2.45, 2.75) is 32.4 Å². The van der Waals surface area contributed by atoms with E-state index in [1.165, 1.54) is 0 Å². The summed E-state index contributed by atoms with van der Waals surface area (Å²) < 4.78 is 33.8. The Balaban J connectivity index is 0.000000429. The highest BCUT2D eigenvalue weighted by Crippen LogP contribution is 2.29. The molecule has 4 heterocycles. The molecule has 2 N–H and O–H groups in total. The molecule has 4 aromatic rings. The summed E-state index contributed by atoms with van der Waals surface area (Å²) in [6.45, 7) is 4.85. The summed E-state index contributed by atoms with van der Waals surface area (Å²) in [6, 6.07) is 11.7. The van der Waals surface area contributed by atoms with Gasteiger partial charge in [-0.2, -0.15) is 13.2 Å². The van der Waals surface area contributed by atoms with E-state index in [2.05, 4.69) is 29.5 Å². The number of pyridine rings is 2. The second-order valence-electron chi connectivity index (χ2n) is 7.79. The van der Waals surface area contributed by atoms with Gasteiger partial charge < -0.3 is 14.8 Å². The van der Waals surface area contributed by atoms with Crippen LogP contribution >= 0.6 is 11.3 Å². The number of nitrogens with zero attached hydrogens (tertiary/aromatic N) is 3. The van der Waals surface area contributed by atoms with Gasteiger partial charge in [0, 0.05) is 36.4 Å². The van der Waals surface area contributed by atoms with Gasteiger partial charge in [-0.15, -0.1) is 11.3 Å². The van der Waals surface area contributed by atoms with E-state index >= 15 is 0 Å². The number of alkyl halides is 3. The minimum Gasteiger partial charge on any atom is -0.475 e. The van der Waals surface area contributed by atoms with Gasteiger partial charge in [-0.1, -0.05) is 26.0 Å².